The lowest BCUT2D eigenvalue weighted by Gasteiger charge is -2.18. The van der Waals surface area contributed by atoms with Crippen LogP contribution in [0.15, 0.2) is 57.8 Å². The molecule has 1 amide bonds. The van der Waals surface area contributed by atoms with Gasteiger partial charge in [0.2, 0.25) is 0 Å². The van der Waals surface area contributed by atoms with Crippen LogP contribution in [0.1, 0.15) is 77.4 Å². The molecule has 2 aromatic carbocycles. The monoisotopic (exact) mass is 445 g/mol. The quantitative estimate of drug-likeness (QED) is 0.242. The molecule has 0 bridgehead atoms. The van der Waals surface area contributed by atoms with E-state index in [-0.39, 0.29) is 23.2 Å². The number of hydrogen-bond acceptors (Lipinski definition) is 4. The van der Waals surface area contributed by atoms with Gasteiger partial charge in [-0.15, -0.1) is 0 Å². The van der Waals surface area contributed by atoms with E-state index in [1.165, 1.54) is 0 Å². The minimum Gasteiger partial charge on any atom is -0.422 e. The van der Waals surface area contributed by atoms with Crippen molar-refractivity contribution in [2.24, 2.45) is 0 Å². The lowest BCUT2D eigenvalue weighted by Crippen LogP contribution is -2.33. The number of hydrogen-bond donors (Lipinski definition) is 0. The van der Waals surface area contributed by atoms with Crippen molar-refractivity contribution in [3.05, 3.63) is 86.8 Å². The predicted octanol–water partition coefficient (Wildman–Crippen LogP) is 5.99. The van der Waals surface area contributed by atoms with Gasteiger partial charge in [-0.1, -0.05) is 49.8 Å². The SMILES string of the molecule is CCC(C)c1cc(/C=C/C(=O)c2ccc(C)cc2)cc2cc(C(=O)N(CC)CC)c(=O)oc12. The van der Waals surface area contributed by atoms with Gasteiger partial charge in [0.25, 0.3) is 5.91 Å². The fourth-order valence-electron chi connectivity index (χ4n) is 3.78. The van der Waals surface area contributed by atoms with Crippen LogP contribution in [0.25, 0.3) is 17.0 Å². The Balaban J connectivity index is 2.09. The predicted molar refractivity (Wildman–Crippen MR) is 133 cm³/mol. The number of rotatable bonds is 8. The fraction of sp³-hybridized carbons (Fsp3) is 0.321. The highest BCUT2D eigenvalue weighted by Crippen LogP contribution is 2.30. The summed E-state index contributed by atoms with van der Waals surface area (Å²) in [6.45, 7) is 10.9. The molecule has 0 fully saturated rings. The first-order valence-corrected chi connectivity index (χ1v) is 11.5. The number of allylic oxidation sites excluding steroid dienone is 1. The zero-order chi connectivity index (χ0) is 24.1. The Kier molecular flexibility index (Phi) is 7.64. The van der Waals surface area contributed by atoms with Gasteiger partial charge in [0, 0.05) is 24.0 Å². The summed E-state index contributed by atoms with van der Waals surface area (Å²) in [5.41, 5.74) is 3.31. The molecule has 1 heterocycles. The summed E-state index contributed by atoms with van der Waals surface area (Å²) in [5, 5.41) is 0.672. The van der Waals surface area contributed by atoms with Gasteiger partial charge in [0.15, 0.2) is 5.78 Å². The van der Waals surface area contributed by atoms with Crippen LogP contribution < -0.4 is 5.63 Å². The van der Waals surface area contributed by atoms with Crippen LogP contribution in [-0.4, -0.2) is 29.7 Å². The van der Waals surface area contributed by atoms with Crippen molar-refractivity contribution >= 4 is 28.7 Å². The van der Waals surface area contributed by atoms with Crippen LogP contribution in [0.3, 0.4) is 0 Å². The summed E-state index contributed by atoms with van der Waals surface area (Å²) in [6.07, 6.45) is 4.17. The lowest BCUT2D eigenvalue weighted by atomic mass is 9.93. The molecule has 5 heteroatoms. The van der Waals surface area contributed by atoms with Crippen molar-refractivity contribution < 1.29 is 14.0 Å². The summed E-state index contributed by atoms with van der Waals surface area (Å²) in [4.78, 5) is 39.7. The Hall–Kier alpha value is -3.47. The van der Waals surface area contributed by atoms with Crippen molar-refractivity contribution in [2.45, 2.75) is 47.0 Å². The first-order valence-electron chi connectivity index (χ1n) is 11.5. The second-order valence-electron chi connectivity index (χ2n) is 8.33. The van der Waals surface area contributed by atoms with Gasteiger partial charge in [0.1, 0.15) is 11.1 Å². The lowest BCUT2D eigenvalue weighted by molar-refractivity contribution is 0.0768. The third-order valence-corrected chi connectivity index (χ3v) is 6.07. The second kappa shape index (κ2) is 10.4. The number of benzene rings is 2. The molecule has 172 valence electrons. The summed E-state index contributed by atoms with van der Waals surface area (Å²) < 4.78 is 5.67. The topological polar surface area (TPSA) is 67.6 Å². The van der Waals surface area contributed by atoms with E-state index in [9.17, 15) is 14.4 Å². The summed E-state index contributed by atoms with van der Waals surface area (Å²) in [5.74, 6) is -0.283. The molecule has 0 saturated carbocycles. The first-order chi connectivity index (χ1) is 15.8. The number of nitrogens with zero attached hydrogens (tertiary/aromatic N) is 1. The van der Waals surface area contributed by atoms with E-state index >= 15 is 0 Å². The number of amides is 1. The Morgan fingerprint density at radius 1 is 1.03 bits per heavy atom. The second-order valence-corrected chi connectivity index (χ2v) is 8.33. The minimum absolute atomic E-state index is 0.0261. The number of carbonyl (C=O) groups is 2. The maximum Gasteiger partial charge on any atom is 0.349 e. The van der Waals surface area contributed by atoms with Crippen molar-refractivity contribution in [2.75, 3.05) is 13.1 Å². The smallest absolute Gasteiger partial charge is 0.349 e. The van der Waals surface area contributed by atoms with E-state index in [1.807, 2.05) is 57.2 Å². The highest BCUT2D eigenvalue weighted by Gasteiger charge is 2.20. The molecule has 33 heavy (non-hydrogen) atoms. The number of aryl methyl sites for hydroxylation is 1. The Labute approximate surface area is 194 Å². The third-order valence-electron chi connectivity index (χ3n) is 6.07. The maximum atomic E-state index is 12.8. The average Bonchev–Trinajstić information content (AvgIpc) is 2.82. The summed E-state index contributed by atoms with van der Waals surface area (Å²) in [7, 11) is 0. The van der Waals surface area contributed by atoms with E-state index in [0.29, 0.717) is 29.6 Å². The largest absolute Gasteiger partial charge is 0.422 e. The maximum absolute atomic E-state index is 12.8. The Morgan fingerprint density at radius 3 is 2.30 bits per heavy atom. The van der Waals surface area contributed by atoms with E-state index < -0.39 is 5.63 Å². The molecule has 0 spiro atoms. The number of ketones is 1. The first kappa shape index (κ1) is 24.2. The molecular formula is C28H31NO4. The van der Waals surface area contributed by atoms with Crippen molar-refractivity contribution in [3.8, 4) is 0 Å². The van der Waals surface area contributed by atoms with Crippen LogP contribution in [0.5, 0.6) is 0 Å². The van der Waals surface area contributed by atoms with E-state index in [1.54, 1.807) is 23.1 Å². The molecule has 1 atom stereocenters. The van der Waals surface area contributed by atoms with E-state index in [0.717, 1.165) is 23.1 Å². The van der Waals surface area contributed by atoms with Gasteiger partial charge < -0.3 is 9.32 Å². The Bertz CT molecular complexity index is 1250. The highest BCUT2D eigenvalue weighted by atomic mass is 16.4. The molecule has 0 aliphatic heterocycles. The minimum atomic E-state index is -0.623. The van der Waals surface area contributed by atoms with Crippen LogP contribution in [-0.2, 0) is 0 Å². The third kappa shape index (κ3) is 5.30. The molecule has 1 aromatic heterocycles. The molecule has 3 aromatic rings. The molecule has 1 unspecified atom stereocenters. The van der Waals surface area contributed by atoms with Gasteiger partial charge in [0.05, 0.1) is 0 Å². The Morgan fingerprint density at radius 2 is 1.70 bits per heavy atom. The number of fused-ring (bicyclic) bond motifs is 1. The molecule has 0 aliphatic carbocycles. The van der Waals surface area contributed by atoms with Gasteiger partial charge in [-0.3, -0.25) is 9.59 Å². The molecule has 0 radical (unpaired) electrons. The standard InChI is InChI=1S/C28H31NO4/c1-6-19(5)23-16-20(11-14-25(30)21-12-9-18(4)10-13-21)15-22-17-24(28(32)33-26(22)23)27(31)29(7-2)8-3/h9-17,19H,6-8H2,1-5H3/b14-11+. The average molecular weight is 446 g/mol. The van der Waals surface area contributed by atoms with Gasteiger partial charge in [-0.25, -0.2) is 4.79 Å². The normalized spacial score (nSPS) is 12.3. The van der Waals surface area contributed by atoms with Crippen molar-refractivity contribution in [1.82, 2.24) is 4.90 Å². The van der Waals surface area contributed by atoms with Crippen molar-refractivity contribution in [1.29, 1.82) is 0 Å². The van der Waals surface area contributed by atoms with Crippen LogP contribution in [0.2, 0.25) is 0 Å². The van der Waals surface area contributed by atoms with Crippen LogP contribution in [0, 0.1) is 6.92 Å². The van der Waals surface area contributed by atoms with E-state index in [2.05, 4.69) is 13.8 Å². The molecular weight excluding hydrogens is 414 g/mol. The van der Waals surface area contributed by atoms with E-state index in [4.69, 9.17) is 4.42 Å². The zero-order valence-electron chi connectivity index (χ0n) is 20.0. The fourth-order valence-corrected chi connectivity index (χ4v) is 3.78. The van der Waals surface area contributed by atoms with Gasteiger partial charge in [-0.2, -0.15) is 0 Å². The number of carbonyl (C=O) groups excluding carboxylic acids is 2. The highest BCUT2D eigenvalue weighted by molar-refractivity contribution is 6.07. The van der Waals surface area contributed by atoms with Gasteiger partial charge in [-0.05, 0) is 68.5 Å². The molecule has 0 saturated heterocycles. The molecule has 3 rings (SSSR count). The van der Waals surface area contributed by atoms with Gasteiger partial charge >= 0.3 is 5.63 Å². The molecule has 0 aliphatic rings. The molecule has 0 N–H and O–H groups in total. The summed E-state index contributed by atoms with van der Waals surface area (Å²) >= 11 is 0. The summed E-state index contributed by atoms with van der Waals surface area (Å²) in [6, 6.07) is 12.9. The van der Waals surface area contributed by atoms with Crippen LogP contribution >= 0.6 is 0 Å². The van der Waals surface area contributed by atoms with Crippen LogP contribution in [0.4, 0.5) is 0 Å². The zero-order valence-corrected chi connectivity index (χ0v) is 20.0. The molecule has 5 nitrogen and oxygen atoms in total. The van der Waals surface area contributed by atoms with Crippen molar-refractivity contribution in [3.63, 3.8) is 0 Å².